The van der Waals surface area contributed by atoms with Gasteiger partial charge in [0.1, 0.15) is 18.1 Å². The lowest BCUT2D eigenvalue weighted by atomic mass is 9.91. The van der Waals surface area contributed by atoms with Gasteiger partial charge in [-0.25, -0.2) is 9.59 Å². The maximum absolute atomic E-state index is 13.2. The highest BCUT2D eigenvalue weighted by Gasteiger charge is 2.28. The zero-order valence-electron chi connectivity index (χ0n) is 29.7. The van der Waals surface area contributed by atoms with Crippen LogP contribution in [0.15, 0.2) is 66.6 Å². The molecule has 0 spiro atoms. The molecule has 0 saturated carbocycles. The molecule has 0 aromatic heterocycles. The molecule has 0 fully saturated rings. The molecule has 0 aliphatic carbocycles. The van der Waals surface area contributed by atoms with Crippen molar-refractivity contribution in [3.63, 3.8) is 0 Å². The number of benzene rings is 2. The van der Waals surface area contributed by atoms with Crippen molar-refractivity contribution >= 4 is 41.0 Å². The maximum atomic E-state index is 13.2. The van der Waals surface area contributed by atoms with Gasteiger partial charge in [-0.1, -0.05) is 77.8 Å². The van der Waals surface area contributed by atoms with Gasteiger partial charge in [0.05, 0.1) is 11.3 Å². The fraction of sp³-hybridized carbons (Fsp3) is 0.472. The number of para-hydroxylation sites is 1. The van der Waals surface area contributed by atoms with Gasteiger partial charge in [-0.15, -0.1) is 0 Å². The molecule has 51 heavy (non-hydrogen) atoms. The number of carbonyl (C=O) groups excluding carboxylic acids is 3. The number of anilines is 2. The van der Waals surface area contributed by atoms with E-state index in [0.29, 0.717) is 23.4 Å². The Labute approximate surface area is 297 Å². The number of nitrogens with one attached hydrogen (secondary N) is 5. The number of aliphatic carboxylic acids is 2. The molecule has 7 N–H and O–H groups in total. The number of amides is 3. The van der Waals surface area contributed by atoms with E-state index in [1.54, 1.807) is 48.5 Å². The number of hydrogen-bond donors (Lipinski definition) is 7. The molecule has 0 radical (unpaired) electrons. The number of unbranched alkanes of at least 4 members (excludes halogenated alkanes) is 1. The summed E-state index contributed by atoms with van der Waals surface area (Å²) in [6, 6.07) is 12.1. The normalized spacial score (nSPS) is 13.3. The average molecular weight is 711 g/mol. The van der Waals surface area contributed by atoms with Crippen molar-refractivity contribution in [2.45, 2.75) is 97.7 Å². The second-order valence-corrected chi connectivity index (χ2v) is 13.9. The van der Waals surface area contributed by atoms with E-state index in [1.807, 2.05) is 40.7 Å². The summed E-state index contributed by atoms with van der Waals surface area (Å²) in [7, 11) is 0. The van der Waals surface area contributed by atoms with Crippen LogP contribution in [0.4, 0.5) is 11.4 Å². The van der Waals surface area contributed by atoms with Crippen molar-refractivity contribution in [1.29, 1.82) is 0 Å². The monoisotopic (exact) mass is 710 g/mol. The van der Waals surface area contributed by atoms with E-state index in [4.69, 9.17) is 0 Å². The maximum Gasteiger partial charge on any atom is 0.326 e. The van der Waals surface area contributed by atoms with Gasteiger partial charge in [0.2, 0.25) is 17.7 Å². The number of carboxylic acids is 2. The van der Waals surface area contributed by atoms with Gasteiger partial charge in [0.15, 0.2) is 5.82 Å². The number of rotatable bonds is 21. The highest BCUT2D eigenvalue weighted by atomic mass is 16.6. The molecule has 0 aliphatic rings. The van der Waals surface area contributed by atoms with Gasteiger partial charge in [-0.3, -0.25) is 24.5 Å². The first-order valence-electron chi connectivity index (χ1n) is 16.8. The quantitative estimate of drug-likeness (QED) is 0.0542. The largest absolute Gasteiger partial charge is 0.480 e. The molecule has 2 rings (SSSR count). The Bertz CT molecular complexity index is 1520. The topological polar surface area (TPSA) is 229 Å². The van der Waals surface area contributed by atoms with E-state index in [9.17, 15) is 44.3 Å². The van der Waals surface area contributed by atoms with E-state index in [-0.39, 0.29) is 61.6 Å². The van der Waals surface area contributed by atoms with Crippen molar-refractivity contribution in [2.75, 3.05) is 10.6 Å². The van der Waals surface area contributed by atoms with Crippen molar-refractivity contribution in [1.82, 2.24) is 16.0 Å². The highest BCUT2D eigenvalue weighted by Crippen LogP contribution is 2.19. The molecule has 3 amide bonds. The summed E-state index contributed by atoms with van der Waals surface area (Å²) in [5.41, 5.74) is 1.46. The lowest BCUT2D eigenvalue weighted by Crippen LogP contribution is -2.52. The van der Waals surface area contributed by atoms with Gasteiger partial charge in [-0.05, 0) is 60.4 Å². The predicted octanol–water partition coefficient (Wildman–Crippen LogP) is 4.50. The lowest BCUT2D eigenvalue weighted by molar-refractivity contribution is -0.403. The number of carbonyl (C=O) groups is 5. The molecule has 3 unspecified atom stereocenters. The summed E-state index contributed by atoms with van der Waals surface area (Å²) in [4.78, 5) is 72.7. The van der Waals surface area contributed by atoms with E-state index < -0.39 is 46.8 Å². The molecule has 0 heterocycles. The zero-order valence-corrected chi connectivity index (χ0v) is 29.7. The Morgan fingerprint density at radius 3 is 1.76 bits per heavy atom. The summed E-state index contributed by atoms with van der Waals surface area (Å²) in [6.45, 7) is 9.31. The molecule has 2 aromatic carbocycles. The van der Waals surface area contributed by atoms with Crippen LogP contribution in [0.3, 0.4) is 0 Å². The van der Waals surface area contributed by atoms with E-state index >= 15 is 0 Å². The van der Waals surface area contributed by atoms with Crippen LogP contribution in [0.25, 0.3) is 0 Å². The van der Waals surface area contributed by atoms with Crippen LogP contribution in [-0.4, -0.2) is 62.9 Å². The Hall–Kier alpha value is -5.47. The Balaban J connectivity index is 1.97. The minimum Gasteiger partial charge on any atom is -0.480 e. The summed E-state index contributed by atoms with van der Waals surface area (Å²) < 4.78 is 0. The average Bonchev–Trinajstić information content (AvgIpc) is 3.01. The van der Waals surface area contributed by atoms with E-state index in [1.165, 1.54) is 0 Å². The first-order chi connectivity index (χ1) is 23.9. The zero-order chi connectivity index (χ0) is 38.1. The highest BCUT2D eigenvalue weighted by molar-refractivity contribution is 5.91. The lowest BCUT2D eigenvalue weighted by Gasteiger charge is -2.23. The molecule has 15 heteroatoms. The van der Waals surface area contributed by atoms with Gasteiger partial charge < -0.3 is 36.8 Å². The van der Waals surface area contributed by atoms with E-state index in [0.717, 1.165) is 6.20 Å². The van der Waals surface area contributed by atoms with Gasteiger partial charge in [0.25, 0.3) is 6.20 Å². The second-order valence-electron chi connectivity index (χ2n) is 13.9. The molecule has 3 atom stereocenters. The number of carboxylic acid groups (broad SMARTS) is 2. The molecule has 2 aromatic rings. The van der Waals surface area contributed by atoms with Gasteiger partial charge in [-0.2, -0.15) is 0 Å². The third kappa shape index (κ3) is 17.2. The van der Waals surface area contributed by atoms with E-state index in [2.05, 4.69) is 26.6 Å². The molecule has 0 aliphatic heterocycles. The summed E-state index contributed by atoms with van der Waals surface area (Å²) >= 11 is 0. The van der Waals surface area contributed by atoms with Crippen molar-refractivity contribution in [3.8, 4) is 0 Å². The standard InChI is InChI=1S/C36H50N6O9/c1-23(2)19-29(33(45)41-28(35(48)49)14-10-9-13-27(34(46)47)39-32(44)21-36(3,4)5)40-31(43)20-24-15-17-26(18-16-24)38-30(22-42(50)51)37-25-11-7-6-8-12-25/h6-8,11-12,15-18,22-23,27-29,37-38H,9-10,13-14,19-21H2,1-5H3,(H,39,44)(H,40,43)(H,41,45)(H,46,47)(H,48,49). The fourth-order valence-electron chi connectivity index (χ4n) is 5.08. The number of nitro groups is 1. The SMILES string of the molecule is CC(C)CC(NC(=O)Cc1ccc(NC(=C[N+](=O)[O-])Nc2ccccc2)cc1)C(=O)NC(CCCCC(NC(=O)CC(C)(C)C)C(=O)O)C(=O)O. The Morgan fingerprint density at radius 1 is 0.765 bits per heavy atom. The third-order valence-corrected chi connectivity index (χ3v) is 7.42. The van der Waals surface area contributed by atoms with Crippen LogP contribution in [0.1, 0.15) is 78.7 Å². The molecule has 15 nitrogen and oxygen atoms in total. The second kappa shape index (κ2) is 20.3. The first-order valence-corrected chi connectivity index (χ1v) is 16.8. The van der Waals surface area contributed by atoms with Crippen LogP contribution < -0.4 is 26.6 Å². The van der Waals surface area contributed by atoms with Crippen LogP contribution in [0, 0.1) is 21.4 Å². The summed E-state index contributed by atoms with van der Waals surface area (Å²) in [6.07, 6.45) is 1.80. The number of hydrogen-bond acceptors (Lipinski definition) is 9. The summed E-state index contributed by atoms with van der Waals surface area (Å²) in [5, 5.41) is 44.1. The fourth-order valence-corrected chi connectivity index (χ4v) is 5.08. The smallest absolute Gasteiger partial charge is 0.326 e. The predicted molar refractivity (Wildman–Crippen MR) is 192 cm³/mol. The van der Waals surface area contributed by atoms with Crippen LogP contribution >= 0.6 is 0 Å². The van der Waals surface area contributed by atoms with Crippen molar-refractivity contribution in [2.24, 2.45) is 11.3 Å². The molecule has 278 valence electrons. The van der Waals surface area contributed by atoms with Crippen molar-refractivity contribution in [3.05, 3.63) is 82.3 Å². The minimum absolute atomic E-state index is 0.0120. The van der Waals surface area contributed by atoms with Crippen LogP contribution in [0.5, 0.6) is 0 Å². The number of nitrogens with zero attached hydrogens (tertiary/aromatic N) is 1. The van der Waals surface area contributed by atoms with Crippen LogP contribution in [-0.2, 0) is 30.4 Å². The molecule has 0 bridgehead atoms. The minimum atomic E-state index is -1.27. The molecule has 0 saturated heterocycles. The molecular formula is C36H50N6O9. The van der Waals surface area contributed by atoms with Gasteiger partial charge >= 0.3 is 11.9 Å². The molecular weight excluding hydrogens is 660 g/mol. The van der Waals surface area contributed by atoms with Crippen LogP contribution in [0.2, 0.25) is 0 Å². The summed E-state index contributed by atoms with van der Waals surface area (Å²) in [5.74, 6) is -3.84. The Kier molecular flexibility index (Phi) is 16.6. The third-order valence-electron chi connectivity index (χ3n) is 7.42. The Morgan fingerprint density at radius 2 is 1.27 bits per heavy atom. The van der Waals surface area contributed by atoms with Crippen molar-refractivity contribution < 1.29 is 39.1 Å². The van der Waals surface area contributed by atoms with Gasteiger partial charge in [0, 0.05) is 17.8 Å². The first kappa shape index (κ1) is 41.7.